The molecule has 0 saturated carbocycles. The molecule has 0 radical (unpaired) electrons. The predicted octanol–water partition coefficient (Wildman–Crippen LogP) is 1.43. The van der Waals surface area contributed by atoms with E-state index >= 15 is 0 Å². The van der Waals surface area contributed by atoms with Crippen LogP contribution in [0.1, 0.15) is 29.9 Å². The second kappa shape index (κ2) is 6.25. The maximum atomic E-state index is 12.1. The van der Waals surface area contributed by atoms with Crippen molar-refractivity contribution in [2.24, 2.45) is 0 Å². The molecule has 20 heavy (non-hydrogen) atoms. The molecule has 0 saturated heterocycles. The fourth-order valence-electron chi connectivity index (χ4n) is 2.60. The number of amides is 1. The highest BCUT2D eigenvalue weighted by molar-refractivity contribution is 7.16. The Labute approximate surface area is 123 Å². The molecule has 1 aromatic rings. The van der Waals surface area contributed by atoms with Crippen LogP contribution in [-0.2, 0) is 17.8 Å². The first-order chi connectivity index (χ1) is 9.60. The highest BCUT2D eigenvalue weighted by atomic mass is 32.1. The van der Waals surface area contributed by atoms with Gasteiger partial charge in [-0.2, -0.15) is 5.26 Å². The van der Waals surface area contributed by atoms with E-state index in [1.165, 1.54) is 11.3 Å². The molecule has 6 heteroatoms. The lowest BCUT2D eigenvalue weighted by atomic mass is 10.0. The number of nitrogen functional groups attached to an aromatic ring is 1. The number of hydrogen-bond acceptors (Lipinski definition) is 5. The van der Waals surface area contributed by atoms with Crippen LogP contribution in [0.25, 0.3) is 0 Å². The van der Waals surface area contributed by atoms with Crippen molar-refractivity contribution in [3.8, 4) is 6.07 Å². The quantitative estimate of drug-likeness (QED) is 0.911. The largest absolute Gasteiger partial charge is 0.389 e. The average molecular weight is 292 g/mol. The molecule has 1 aliphatic rings. The number of nitrogens with two attached hydrogens (primary N) is 1. The number of nitrogens with zero attached hydrogens (tertiary/aromatic N) is 3. The van der Waals surface area contributed by atoms with Crippen LogP contribution in [0.2, 0.25) is 0 Å². The van der Waals surface area contributed by atoms with Crippen molar-refractivity contribution >= 4 is 22.2 Å². The van der Waals surface area contributed by atoms with Gasteiger partial charge in [0.2, 0.25) is 5.91 Å². The molecule has 2 rings (SSSR count). The van der Waals surface area contributed by atoms with Gasteiger partial charge < -0.3 is 10.6 Å². The highest BCUT2D eigenvalue weighted by Crippen LogP contribution is 2.34. The summed E-state index contributed by atoms with van der Waals surface area (Å²) in [7, 11) is 0. The molecule has 2 N–H and O–H groups in total. The Morgan fingerprint density at radius 3 is 2.80 bits per heavy atom. The molecule has 5 nitrogen and oxygen atoms in total. The molecule has 0 fully saturated rings. The summed E-state index contributed by atoms with van der Waals surface area (Å²) in [6, 6.07) is 2.19. The zero-order chi connectivity index (χ0) is 14.7. The molecule has 108 valence electrons. The number of carbonyl (C=O) groups is 1. The first-order valence-electron chi connectivity index (χ1n) is 6.90. The minimum absolute atomic E-state index is 0.170. The molecule has 0 aliphatic carbocycles. The van der Waals surface area contributed by atoms with Crippen LogP contribution < -0.4 is 5.73 Å². The van der Waals surface area contributed by atoms with Gasteiger partial charge in [0, 0.05) is 31.1 Å². The summed E-state index contributed by atoms with van der Waals surface area (Å²) in [5, 5.41) is 9.72. The number of rotatable bonds is 4. The monoisotopic (exact) mass is 292 g/mol. The van der Waals surface area contributed by atoms with Crippen molar-refractivity contribution in [1.82, 2.24) is 9.80 Å². The molecule has 0 spiro atoms. The number of thiophene rings is 1. The van der Waals surface area contributed by atoms with Gasteiger partial charge in [-0.3, -0.25) is 9.69 Å². The van der Waals surface area contributed by atoms with Crippen molar-refractivity contribution in [3.63, 3.8) is 0 Å². The Balaban J connectivity index is 2.05. The van der Waals surface area contributed by atoms with Crippen LogP contribution in [0, 0.1) is 11.3 Å². The molecule has 0 aromatic carbocycles. The van der Waals surface area contributed by atoms with Crippen molar-refractivity contribution in [2.45, 2.75) is 26.8 Å². The van der Waals surface area contributed by atoms with E-state index in [2.05, 4.69) is 11.0 Å². The molecule has 0 atom stereocenters. The Morgan fingerprint density at radius 1 is 1.50 bits per heavy atom. The van der Waals surface area contributed by atoms with Gasteiger partial charge in [-0.05, 0) is 25.8 Å². The van der Waals surface area contributed by atoms with Crippen LogP contribution in [0.3, 0.4) is 0 Å². The van der Waals surface area contributed by atoms with Crippen LogP contribution in [-0.4, -0.2) is 41.9 Å². The maximum absolute atomic E-state index is 12.1. The molecular formula is C14H20N4OS. The van der Waals surface area contributed by atoms with E-state index in [4.69, 9.17) is 11.0 Å². The summed E-state index contributed by atoms with van der Waals surface area (Å²) >= 11 is 1.48. The van der Waals surface area contributed by atoms with Gasteiger partial charge in [0.15, 0.2) is 0 Å². The normalized spacial score (nSPS) is 14.7. The van der Waals surface area contributed by atoms with Gasteiger partial charge in [0.1, 0.15) is 11.1 Å². The third-order valence-electron chi connectivity index (χ3n) is 3.75. The van der Waals surface area contributed by atoms with Crippen molar-refractivity contribution in [1.29, 1.82) is 5.26 Å². The van der Waals surface area contributed by atoms with Crippen molar-refractivity contribution in [2.75, 3.05) is 31.9 Å². The van der Waals surface area contributed by atoms with Gasteiger partial charge >= 0.3 is 0 Å². The van der Waals surface area contributed by atoms with E-state index in [9.17, 15) is 4.79 Å². The molecule has 1 amide bonds. The summed E-state index contributed by atoms with van der Waals surface area (Å²) < 4.78 is 0. The molecule has 2 heterocycles. The summed E-state index contributed by atoms with van der Waals surface area (Å²) in [4.78, 5) is 17.2. The van der Waals surface area contributed by atoms with Gasteiger partial charge in [-0.15, -0.1) is 11.3 Å². The number of nitriles is 1. The summed E-state index contributed by atoms with van der Waals surface area (Å²) in [6.45, 7) is 7.46. The average Bonchev–Trinajstić information content (AvgIpc) is 2.74. The van der Waals surface area contributed by atoms with E-state index in [1.54, 1.807) is 0 Å². The Morgan fingerprint density at radius 2 is 2.20 bits per heavy atom. The highest BCUT2D eigenvalue weighted by Gasteiger charge is 2.25. The van der Waals surface area contributed by atoms with Crippen LogP contribution in [0.5, 0.6) is 0 Å². The zero-order valence-electron chi connectivity index (χ0n) is 12.0. The Kier molecular flexibility index (Phi) is 4.63. The molecular weight excluding hydrogens is 272 g/mol. The predicted molar refractivity (Wildman–Crippen MR) is 80.4 cm³/mol. The SMILES string of the molecule is CCN(CC)C(=O)CN1CCc2c(sc(N)c2C#N)C1. The second-order valence-electron chi connectivity index (χ2n) is 4.88. The number of likely N-dealkylation sites (N-methyl/N-ethyl adjacent to an activating group) is 1. The summed E-state index contributed by atoms with van der Waals surface area (Å²) in [6.07, 6.45) is 0.803. The van der Waals surface area contributed by atoms with E-state index < -0.39 is 0 Å². The van der Waals surface area contributed by atoms with Gasteiger partial charge in [-0.25, -0.2) is 0 Å². The fourth-order valence-corrected chi connectivity index (χ4v) is 3.71. The van der Waals surface area contributed by atoms with Crippen LogP contribution in [0.15, 0.2) is 0 Å². The lowest BCUT2D eigenvalue weighted by molar-refractivity contribution is -0.132. The number of hydrogen-bond donors (Lipinski definition) is 1. The zero-order valence-corrected chi connectivity index (χ0v) is 12.8. The van der Waals surface area contributed by atoms with Crippen molar-refractivity contribution in [3.05, 3.63) is 16.0 Å². The van der Waals surface area contributed by atoms with E-state index in [0.29, 0.717) is 17.1 Å². The fraction of sp³-hybridized carbons (Fsp3) is 0.571. The minimum Gasteiger partial charge on any atom is -0.389 e. The van der Waals surface area contributed by atoms with E-state index in [-0.39, 0.29) is 5.91 Å². The third-order valence-corrected chi connectivity index (χ3v) is 4.80. The van der Waals surface area contributed by atoms with Gasteiger partial charge in [0.25, 0.3) is 0 Å². The maximum Gasteiger partial charge on any atom is 0.236 e. The minimum atomic E-state index is 0.170. The van der Waals surface area contributed by atoms with E-state index in [1.807, 2.05) is 18.7 Å². The Bertz CT molecular complexity index is 542. The van der Waals surface area contributed by atoms with Crippen LogP contribution >= 0.6 is 11.3 Å². The summed E-state index contributed by atoms with van der Waals surface area (Å²) in [5.74, 6) is 0.170. The third kappa shape index (κ3) is 2.79. The molecule has 1 aliphatic heterocycles. The lowest BCUT2D eigenvalue weighted by Crippen LogP contribution is -2.41. The number of carbonyl (C=O) groups excluding carboxylic acids is 1. The van der Waals surface area contributed by atoms with Crippen LogP contribution in [0.4, 0.5) is 5.00 Å². The summed E-state index contributed by atoms with van der Waals surface area (Å²) in [5.41, 5.74) is 7.60. The van der Waals surface area contributed by atoms with Gasteiger partial charge in [-0.1, -0.05) is 0 Å². The molecule has 1 aromatic heterocycles. The first kappa shape index (κ1) is 14.8. The number of anilines is 1. The standard InChI is InChI=1S/C14H20N4OS/c1-3-18(4-2)13(19)9-17-6-5-10-11(7-15)14(16)20-12(10)8-17/h3-6,8-9,16H2,1-2H3. The second-order valence-corrected chi connectivity index (χ2v) is 6.02. The van der Waals surface area contributed by atoms with E-state index in [0.717, 1.165) is 43.0 Å². The topological polar surface area (TPSA) is 73.4 Å². The Hall–Kier alpha value is -1.58. The van der Waals surface area contributed by atoms with Crippen molar-refractivity contribution < 1.29 is 4.79 Å². The number of fused-ring (bicyclic) bond motifs is 1. The lowest BCUT2D eigenvalue weighted by Gasteiger charge is -2.28. The molecule has 0 bridgehead atoms. The van der Waals surface area contributed by atoms with Gasteiger partial charge in [0.05, 0.1) is 12.1 Å². The molecule has 0 unspecified atom stereocenters. The smallest absolute Gasteiger partial charge is 0.236 e. The first-order valence-corrected chi connectivity index (χ1v) is 7.72.